The number of aryl methyl sites for hydroxylation is 1. The molecule has 200 valence electrons. The second-order valence-electron chi connectivity index (χ2n) is 10.3. The van der Waals surface area contributed by atoms with Crippen LogP contribution in [0.1, 0.15) is 34.9 Å². The van der Waals surface area contributed by atoms with Crippen molar-refractivity contribution in [3.05, 3.63) is 83.3 Å². The molecule has 0 aliphatic carbocycles. The molecule has 1 saturated heterocycles. The smallest absolute Gasteiger partial charge is 0.231 e. The van der Waals surface area contributed by atoms with Gasteiger partial charge >= 0.3 is 0 Å². The van der Waals surface area contributed by atoms with Gasteiger partial charge in [0, 0.05) is 57.0 Å². The van der Waals surface area contributed by atoms with Gasteiger partial charge < -0.3 is 28.2 Å². The van der Waals surface area contributed by atoms with E-state index in [0.717, 1.165) is 59.5 Å². The molecular weight excluding hydrogens is 496 g/mol. The summed E-state index contributed by atoms with van der Waals surface area (Å²) in [7, 11) is 0. The summed E-state index contributed by atoms with van der Waals surface area (Å²) < 4.78 is 24.3. The topological polar surface area (TPSA) is 77.8 Å². The first-order valence-corrected chi connectivity index (χ1v) is 13.3. The second kappa shape index (κ2) is 9.81. The molecule has 1 amide bonds. The largest absolute Gasteiger partial charge is 0.454 e. The Balaban J connectivity index is 1.08. The highest BCUT2D eigenvalue weighted by Crippen LogP contribution is 2.38. The van der Waals surface area contributed by atoms with Crippen molar-refractivity contribution in [1.82, 2.24) is 19.2 Å². The van der Waals surface area contributed by atoms with Crippen LogP contribution >= 0.6 is 0 Å². The lowest BCUT2D eigenvalue weighted by molar-refractivity contribution is -0.133. The third-order valence-corrected chi connectivity index (χ3v) is 7.85. The van der Waals surface area contributed by atoms with E-state index in [4.69, 9.17) is 18.9 Å². The van der Waals surface area contributed by atoms with E-state index in [9.17, 15) is 4.79 Å². The Kier molecular flexibility index (Phi) is 6.00. The van der Waals surface area contributed by atoms with Crippen LogP contribution in [0.4, 0.5) is 0 Å². The average molecular weight is 527 g/mol. The van der Waals surface area contributed by atoms with E-state index in [1.54, 1.807) is 0 Å². The van der Waals surface area contributed by atoms with E-state index < -0.39 is 0 Å². The minimum atomic E-state index is -0.172. The SMILES string of the molecule is Cc1cccc2ncc(C(CC(=O)N3CCN(Cc4ccc5c(c4)OCO5)CC3)c3ccc4c(c3)OCO4)n12. The number of rotatable bonds is 6. The highest BCUT2D eigenvalue weighted by molar-refractivity contribution is 5.78. The molecule has 7 rings (SSSR count). The molecule has 2 aromatic carbocycles. The number of imidazole rings is 1. The fourth-order valence-corrected chi connectivity index (χ4v) is 5.76. The number of benzene rings is 2. The number of fused-ring (bicyclic) bond motifs is 3. The molecule has 1 unspecified atom stereocenters. The summed E-state index contributed by atoms with van der Waals surface area (Å²) in [6.45, 7) is 6.42. The van der Waals surface area contributed by atoms with Crippen LogP contribution in [0.3, 0.4) is 0 Å². The van der Waals surface area contributed by atoms with Crippen LogP contribution in [-0.2, 0) is 11.3 Å². The molecule has 5 heterocycles. The van der Waals surface area contributed by atoms with Gasteiger partial charge in [0.25, 0.3) is 0 Å². The number of ether oxygens (including phenoxy) is 4. The molecule has 0 N–H and O–H groups in total. The average Bonchev–Trinajstić information content (AvgIpc) is 3.71. The molecule has 1 fully saturated rings. The van der Waals surface area contributed by atoms with Gasteiger partial charge in [-0.2, -0.15) is 0 Å². The standard InChI is InChI=1S/C30H30N4O5/c1-20-3-2-4-29-31-16-24(34(20)29)23(22-6-8-26-28(14-22)39-19-37-26)15-30(35)33-11-9-32(10-12-33)17-21-5-7-25-27(13-21)38-18-36-25/h2-8,13-14,16,23H,9-12,15,17-19H2,1H3. The summed E-state index contributed by atoms with van der Waals surface area (Å²) in [4.78, 5) is 22.7. The van der Waals surface area contributed by atoms with Gasteiger partial charge in [-0.3, -0.25) is 9.69 Å². The van der Waals surface area contributed by atoms with Gasteiger partial charge in [-0.05, 0) is 54.4 Å². The number of carbonyl (C=O) groups is 1. The van der Waals surface area contributed by atoms with E-state index in [-0.39, 0.29) is 25.4 Å². The summed E-state index contributed by atoms with van der Waals surface area (Å²) in [6, 6.07) is 18.1. The highest BCUT2D eigenvalue weighted by atomic mass is 16.7. The van der Waals surface area contributed by atoms with Crippen molar-refractivity contribution in [2.75, 3.05) is 39.8 Å². The van der Waals surface area contributed by atoms with Crippen LogP contribution in [0.25, 0.3) is 5.65 Å². The number of aromatic nitrogens is 2. The Hall–Kier alpha value is -4.24. The third kappa shape index (κ3) is 4.52. The zero-order chi connectivity index (χ0) is 26.3. The van der Waals surface area contributed by atoms with Crippen LogP contribution in [0, 0.1) is 6.92 Å². The zero-order valence-electron chi connectivity index (χ0n) is 21.8. The van der Waals surface area contributed by atoms with E-state index in [1.165, 1.54) is 5.56 Å². The van der Waals surface area contributed by atoms with Crippen LogP contribution in [-0.4, -0.2) is 64.9 Å². The number of piperazine rings is 1. The molecule has 0 bridgehead atoms. The van der Waals surface area contributed by atoms with Gasteiger partial charge in [0.1, 0.15) is 5.65 Å². The molecule has 9 heteroatoms. The van der Waals surface area contributed by atoms with Crippen molar-refractivity contribution in [1.29, 1.82) is 0 Å². The van der Waals surface area contributed by atoms with E-state index >= 15 is 0 Å². The van der Waals surface area contributed by atoms with E-state index in [2.05, 4.69) is 33.3 Å². The monoisotopic (exact) mass is 526 g/mol. The van der Waals surface area contributed by atoms with E-state index in [0.29, 0.717) is 25.3 Å². The van der Waals surface area contributed by atoms with Crippen molar-refractivity contribution in [3.63, 3.8) is 0 Å². The first kappa shape index (κ1) is 23.8. The molecule has 4 aromatic rings. The summed E-state index contributed by atoms with van der Waals surface area (Å²) >= 11 is 0. The van der Waals surface area contributed by atoms with Crippen LogP contribution in [0.2, 0.25) is 0 Å². The minimum Gasteiger partial charge on any atom is -0.454 e. The molecule has 9 nitrogen and oxygen atoms in total. The van der Waals surface area contributed by atoms with Crippen molar-refractivity contribution in [2.45, 2.75) is 25.8 Å². The Morgan fingerprint density at radius 3 is 2.38 bits per heavy atom. The summed E-state index contributed by atoms with van der Waals surface area (Å²) in [6.07, 6.45) is 2.25. The van der Waals surface area contributed by atoms with Crippen molar-refractivity contribution in [2.24, 2.45) is 0 Å². The Morgan fingerprint density at radius 2 is 1.59 bits per heavy atom. The maximum Gasteiger partial charge on any atom is 0.231 e. The van der Waals surface area contributed by atoms with Crippen molar-refractivity contribution in [3.8, 4) is 23.0 Å². The summed E-state index contributed by atoms with van der Waals surface area (Å²) in [5, 5.41) is 0. The van der Waals surface area contributed by atoms with Gasteiger partial charge in [0.2, 0.25) is 19.5 Å². The number of pyridine rings is 1. The minimum absolute atomic E-state index is 0.143. The molecule has 3 aliphatic heterocycles. The fourth-order valence-electron chi connectivity index (χ4n) is 5.76. The first-order chi connectivity index (χ1) is 19.1. The summed E-state index contributed by atoms with van der Waals surface area (Å²) in [5.41, 5.74) is 5.15. The van der Waals surface area contributed by atoms with Gasteiger partial charge in [-0.1, -0.05) is 18.2 Å². The molecule has 3 aliphatic rings. The molecule has 2 aromatic heterocycles. The molecular formula is C30H30N4O5. The lowest BCUT2D eigenvalue weighted by atomic mass is 9.91. The maximum atomic E-state index is 13.7. The third-order valence-electron chi connectivity index (χ3n) is 7.85. The molecule has 0 spiro atoms. The van der Waals surface area contributed by atoms with Crippen LogP contribution in [0.5, 0.6) is 23.0 Å². The predicted octanol–water partition coefficient (Wildman–Crippen LogP) is 3.97. The van der Waals surface area contributed by atoms with Gasteiger partial charge in [-0.25, -0.2) is 4.98 Å². The van der Waals surface area contributed by atoms with Crippen molar-refractivity contribution >= 4 is 11.6 Å². The molecule has 0 saturated carbocycles. The van der Waals surface area contributed by atoms with Gasteiger partial charge in [0.15, 0.2) is 23.0 Å². The predicted molar refractivity (Wildman–Crippen MR) is 143 cm³/mol. The Labute approximate surface area is 226 Å². The summed E-state index contributed by atoms with van der Waals surface area (Å²) in [5.74, 6) is 3.02. The number of hydrogen-bond donors (Lipinski definition) is 0. The quantitative estimate of drug-likeness (QED) is 0.376. The molecule has 0 radical (unpaired) electrons. The fraction of sp³-hybridized carbons (Fsp3) is 0.333. The number of amides is 1. The Morgan fingerprint density at radius 1 is 0.872 bits per heavy atom. The van der Waals surface area contributed by atoms with E-state index in [1.807, 2.05) is 53.6 Å². The maximum absolute atomic E-state index is 13.7. The number of carbonyl (C=O) groups excluding carboxylic acids is 1. The molecule has 39 heavy (non-hydrogen) atoms. The van der Waals surface area contributed by atoms with Crippen LogP contribution < -0.4 is 18.9 Å². The Bertz CT molecular complexity index is 1540. The normalized spacial score (nSPS) is 17.1. The second-order valence-corrected chi connectivity index (χ2v) is 10.3. The highest BCUT2D eigenvalue weighted by Gasteiger charge is 2.29. The number of hydrogen-bond acceptors (Lipinski definition) is 7. The lowest BCUT2D eigenvalue weighted by Crippen LogP contribution is -2.48. The van der Waals surface area contributed by atoms with Crippen LogP contribution in [0.15, 0.2) is 60.8 Å². The lowest BCUT2D eigenvalue weighted by Gasteiger charge is -2.35. The number of nitrogens with zero attached hydrogens (tertiary/aromatic N) is 4. The van der Waals surface area contributed by atoms with Gasteiger partial charge in [-0.15, -0.1) is 0 Å². The first-order valence-electron chi connectivity index (χ1n) is 13.3. The molecule has 1 atom stereocenters. The van der Waals surface area contributed by atoms with Gasteiger partial charge in [0.05, 0.1) is 5.69 Å². The zero-order valence-corrected chi connectivity index (χ0v) is 21.8. The van der Waals surface area contributed by atoms with Crippen molar-refractivity contribution < 1.29 is 23.7 Å².